The topological polar surface area (TPSA) is 112 Å². The van der Waals surface area contributed by atoms with Crippen LogP contribution in [0.3, 0.4) is 0 Å². The average Bonchev–Trinajstić information content (AvgIpc) is 3.20. The highest BCUT2D eigenvalue weighted by Crippen LogP contribution is 2.34. The highest BCUT2D eigenvalue weighted by atomic mass is 19.4. The number of nitrogens with one attached hydrogen (secondary N) is 1. The van der Waals surface area contributed by atoms with Gasteiger partial charge in [0.25, 0.3) is 5.69 Å². The Morgan fingerprint density at radius 2 is 1.16 bits per heavy atom. The fourth-order valence-electron chi connectivity index (χ4n) is 5.70. The van der Waals surface area contributed by atoms with Gasteiger partial charge in [-0.15, -0.1) is 0 Å². The van der Waals surface area contributed by atoms with E-state index in [2.05, 4.69) is 5.32 Å². The number of hydrogen-bond acceptors (Lipinski definition) is 8. The molecule has 0 bridgehead atoms. The van der Waals surface area contributed by atoms with Gasteiger partial charge in [-0.25, -0.2) is 0 Å². The summed E-state index contributed by atoms with van der Waals surface area (Å²) >= 11 is 0. The highest BCUT2D eigenvalue weighted by molar-refractivity contribution is 5.95. The largest absolute Gasteiger partial charge is 0.493 e. The quantitative estimate of drug-likeness (QED) is 0.0632. The Balaban J connectivity index is 0.000000280. The maximum atomic E-state index is 13.3. The molecule has 5 aromatic carbocycles. The third-order valence-electron chi connectivity index (χ3n) is 8.77. The van der Waals surface area contributed by atoms with E-state index in [9.17, 15) is 41.3 Å². The van der Waals surface area contributed by atoms with Gasteiger partial charge in [0.05, 0.1) is 50.9 Å². The lowest BCUT2D eigenvalue weighted by molar-refractivity contribution is -0.384. The van der Waals surface area contributed by atoms with Crippen LogP contribution in [0, 0.1) is 10.1 Å². The molecule has 5 rings (SSSR count). The fraction of sp³-hybridized carbons (Fsp3) is 0.262. The van der Waals surface area contributed by atoms with Gasteiger partial charge in [-0.1, -0.05) is 36.4 Å². The molecule has 0 fully saturated rings. The van der Waals surface area contributed by atoms with Crippen molar-refractivity contribution in [1.29, 1.82) is 0 Å². The number of carbonyl (C=O) groups is 1. The molecule has 16 heteroatoms. The predicted octanol–water partition coefficient (Wildman–Crippen LogP) is 9.83. The second kappa shape index (κ2) is 20.1. The summed E-state index contributed by atoms with van der Waals surface area (Å²) in [4.78, 5) is 25.3. The number of ether oxygens (including phenoxy) is 4. The normalized spacial score (nSPS) is 11.1. The lowest BCUT2D eigenvalue weighted by Crippen LogP contribution is -2.34. The summed E-state index contributed by atoms with van der Waals surface area (Å²) in [6, 6.07) is 26.1. The number of nitro benzene ring substituents is 1. The van der Waals surface area contributed by atoms with E-state index in [1.807, 2.05) is 12.1 Å². The number of alkyl halides is 6. The van der Waals surface area contributed by atoms with E-state index in [-0.39, 0.29) is 31.0 Å². The smallest absolute Gasteiger partial charge is 0.416 e. The van der Waals surface area contributed by atoms with Gasteiger partial charge in [0.2, 0.25) is 5.91 Å². The van der Waals surface area contributed by atoms with Crippen molar-refractivity contribution in [2.75, 3.05) is 51.7 Å². The molecule has 0 aliphatic carbocycles. The molecule has 0 aliphatic heterocycles. The molecule has 0 saturated heterocycles. The van der Waals surface area contributed by atoms with Crippen LogP contribution in [0.15, 0.2) is 109 Å². The van der Waals surface area contributed by atoms with E-state index >= 15 is 0 Å². The van der Waals surface area contributed by atoms with E-state index in [0.29, 0.717) is 52.8 Å². The number of nitro groups is 1. The van der Waals surface area contributed by atoms with Crippen molar-refractivity contribution in [2.24, 2.45) is 0 Å². The van der Waals surface area contributed by atoms with Crippen LogP contribution in [0.2, 0.25) is 0 Å². The number of nitrogens with zero attached hydrogens (tertiary/aromatic N) is 2. The Bertz CT molecular complexity index is 2130. The van der Waals surface area contributed by atoms with Gasteiger partial charge in [-0.3, -0.25) is 14.9 Å². The van der Waals surface area contributed by atoms with Gasteiger partial charge in [0.15, 0.2) is 23.0 Å². The minimum Gasteiger partial charge on any atom is -0.493 e. The molecule has 0 saturated carbocycles. The zero-order chi connectivity index (χ0) is 42.5. The monoisotopic (exact) mass is 813 g/mol. The Labute approximate surface area is 331 Å². The number of anilines is 2. The van der Waals surface area contributed by atoms with E-state index in [4.69, 9.17) is 18.9 Å². The zero-order valence-electron chi connectivity index (χ0n) is 31.9. The Morgan fingerprint density at radius 1 is 0.638 bits per heavy atom. The van der Waals surface area contributed by atoms with Crippen molar-refractivity contribution in [2.45, 2.75) is 31.6 Å². The Morgan fingerprint density at radius 3 is 1.67 bits per heavy atom. The Kier molecular flexibility index (Phi) is 15.4. The molecule has 0 atom stereocenters. The first-order valence-electron chi connectivity index (χ1n) is 17.6. The molecule has 0 aromatic heterocycles. The van der Waals surface area contributed by atoms with Gasteiger partial charge in [0.1, 0.15) is 0 Å². The van der Waals surface area contributed by atoms with Crippen LogP contribution in [0.5, 0.6) is 23.0 Å². The number of rotatable bonds is 15. The van der Waals surface area contributed by atoms with Crippen LogP contribution < -0.4 is 29.2 Å². The maximum absolute atomic E-state index is 13.3. The number of amides is 1. The third-order valence-corrected chi connectivity index (χ3v) is 8.77. The molecule has 0 aliphatic rings. The van der Waals surface area contributed by atoms with Gasteiger partial charge >= 0.3 is 12.4 Å². The molecule has 0 heterocycles. The molecule has 0 spiro atoms. The van der Waals surface area contributed by atoms with Crippen molar-refractivity contribution in [3.8, 4) is 23.0 Å². The van der Waals surface area contributed by atoms with Crippen molar-refractivity contribution >= 4 is 23.0 Å². The number of non-ortho nitro benzene ring substituents is 1. The minimum atomic E-state index is -4.43. The molecule has 10 nitrogen and oxygen atoms in total. The first-order chi connectivity index (χ1) is 27.6. The lowest BCUT2D eigenvalue weighted by atomic mass is 10.1. The van der Waals surface area contributed by atoms with Gasteiger partial charge in [-0.2, -0.15) is 26.3 Å². The zero-order valence-corrected chi connectivity index (χ0v) is 31.9. The van der Waals surface area contributed by atoms with E-state index in [0.717, 1.165) is 35.5 Å². The third kappa shape index (κ3) is 12.5. The number of benzene rings is 5. The summed E-state index contributed by atoms with van der Waals surface area (Å²) in [5.74, 6) is 1.77. The maximum Gasteiger partial charge on any atom is 0.416 e. The molecular formula is C42H41F6N3O7. The first kappa shape index (κ1) is 44.3. The molecule has 58 heavy (non-hydrogen) atoms. The van der Waals surface area contributed by atoms with Crippen molar-refractivity contribution in [3.05, 3.63) is 147 Å². The summed E-state index contributed by atoms with van der Waals surface area (Å²) in [5.41, 5.74) is 1.76. The summed E-state index contributed by atoms with van der Waals surface area (Å²) in [5, 5.41) is 14.3. The SMILES string of the molecule is COc1ccc(N(CCc2ccc(C(F)(F)F)cc2)C(=O)Cc2cccc([N+](=O)[O-])c2)cc1OC.COc1ccc(NCCc2ccc(C(F)(F)F)cc2)cc1OC. The number of methoxy groups -OCH3 is 4. The molecule has 1 amide bonds. The van der Waals surface area contributed by atoms with Crippen molar-refractivity contribution in [1.82, 2.24) is 0 Å². The van der Waals surface area contributed by atoms with Crippen LogP contribution >= 0.6 is 0 Å². The molecule has 1 N–H and O–H groups in total. The molecule has 0 radical (unpaired) electrons. The number of hydrogen-bond donors (Lipinski definition) is 1. The van der Waals surface area contributed by atoms with E-state index in [1.54, 1.807) is 44.6 Å². The second-order valence-electron chi connectivity index (χ2n) is 12.6. The van der Waals surface area contributed by atoms with Crippen LogP contribution in [0.1, 0.15) is 27.8 Å². The van der Waals surface area contributed by atoms with Crippen LogP contribution in [0.25, 0.3) is 0 Å². The highest BCUT2D eigenvalue weighted by Gasteiger charge is 2.31. The van der Waals surface area contributed by atoms with Crippen molar-refractivity contribution in [3.63, 3.8) is 0 Å². The summed E-state index contributed by atoms with van der Waals surface area (Å²) < 4.78 is 97.0. The number of halogens is 6. The standard InChI is InChI=1S/C25H23F3N2O5.C17H18F3NO2/c1-34-22-11-10-20(16-23(22)35-2)29(13-12-17-6-8-19(9-7-17)25(26,27)28)24(31)15-18-4-3-5-21(14-18)30(32)33;1-22-15-8-7-14(11-16(15)23-2)21-10-9-12-3-5-13(6-4-12)17(18,19)20/h3-11,14,16H,12-13,15H2,1-2H3;3-8,11,21H,9-10H2,1-2H3. The lowest BCUT2D eigenvalue weighted by Gasteiger charge is -2.24. The van der Waals surface area contributed by atoms with Crippen molar-refractivity contribution < 1.29 is 55.0 Å². The summed E-state index contributed by atoms with van der Waals surface area (Å²) in [7, 11) is 6.06. The van der Waals surface area contributed by atoms with Crippen LogP contribution in [-0.2, 0) is 36.4 Å². The second-order valence-corrected chi connectivity index (χ2v) is 12.6. The summed E-state index contributed by atoms with van der Waals surface area (Å²) in [6.45, 7) is 0.759. The average molecular weight is 814 g/mol. The molecule has 0 unspecified atom stereocenters. The van der Waals surface area contributed by atoms with E-state index in [1.165, 1.54) is 61.6 Å². The molecule has 308 valence electrons. The molecule has 5 aromatic rings. The van der Waals surface area contributed by atoms with Crippen LogP contribution in [0.4, 0.5) is 43.4 Å². The van der Waals surface area contributed by atoms with E-state index < -0.39 is 28.4 Å². The number of carbonyl (C=O) groups excluding carboxylic acids is 1. The fourth-order valence-corrected chi connectivity index (χ4v) is 5.70. The Hall–Kier alpha value is -6.45. The van der Waals surface area contributed by atoms with Gasteiger partial charge < -0.3 is 29.2 Å². The summed E-state index contributed by atoms with van der Waals surface area (Å²) in [6.07, 6.45) is -7.93. The molecular weight excluding hydrogens is 772 g/mol. The van der Waals surface area contributed by atoms with Gasteiger partial charge in [-0.05, 0) is 78.1 Å². The van der Waals surface area contributed by atoms with Gasteiger partial charge in [0, 0.05) is 48.7 Å². The van der Waals surface area contributed by atoms with Crippen LogP contribution in [-0.4, -0.2) is 52.4 Å². The first-order valence-corrected chi connectivity index (χ1v) is 17.6. The minimum absolute atomic E-state index is 0.108. The predicted molar refractivity (Wildman–Crippen MR) is 207 cm³/mol.